The first-order chi connectivity index (χ1) is 12.7. The number of halogens is 1. The Morgan fingerprint density at radius 3 is 2.77 bits per heavy atom. The summed E-state index contributed by atoms with van der Waals surface area (Å²) in [6, 6.07) is 3.80. The monoisotopic (exact) mass is 383 g/mol. The summed E-state index contributed by atoms with van der Waals surface area (Å²) in [5.74, 6) is 2.77. The second-order valence-corrected chi connectivity index (χ2v) is 6.67. The van der Waals surface area contributed by atoms with Gasteiger partial charge in [0, 0.05) is 33.4 Å². The summed E-state index contributed by atoms with van der Waals surface area (Å²) in [4.78, 5) is 4.24. The molecule has 0 radical (unpaired) electrons. The van der Waals surface area contributed by atoms with Gasteiger partial charge in [-0.05, 0) is 49.8 Å². The summed E-state index contributed by atoms with van der Waals surface area (Å²) in [6.07, 6.45) is 3.61. The van der Waals surface area contributed by atoms with Crippen molar-refractivity contribution in [3.63, 3.8) is 0 Å². The molecule has 1 aromatic rings. The minimum Gasteiger partial charge on any atom is -0.493 e. The zero-order valence-corrected chi connectivity index (χ0v) is 16.7. The van der Waals surface area contributed by atoms with E-state index in [9.17, 15) is 0 Å². The van der Waals surface area contributed by atoms with E-state index in [0.29, 0.717) is 29.7 Å². The minimum absolute atomic E-state index is 0.536. The average molecular weight is 384 g/mol. The molecule has 2 N–H and O–H groups in total. The van der Waals surface area contributed by atoms with Crippen LogP contribution in [0.3, 0.4) is 0 Å². The summed E-state index contributed by atoms with van der Waals surface area (Å²) >= 11 is 6.31. The third-order valence-corrected chi connectivity index (χ3v) is 4.35. The van der Waals surface area contributed by atoms with E-state index in [1.54, 1.807) is 14.2 Å². The Bertz CT molecular complexity index is 592. The molecule has 1 aliphatic carbocycles. The lowest BCUT2D eigenvalue weighted by Crippen LogP contribution is -2.37. The third-order valence-electron chi connectivity index (χ3n) is 4.07. The zero-order chi connectivity index (χ0) is 18.8. The molecule has 2 rings (SSSR count). The van der Waals surface area contributed by atoms with E-state index in [4.69, 9.17) is 25.8 Å². The Morgan fingerprint density at radius 1 is 1.31 bits per heavy atom. The van der Waals surface area contributed by atoms with Crippen LogP contribution in [0, 0.1) is 5.92 Å². The van der Waals surface area contributed by atoms with Gasteiger partial charge in [-0.3, -0.25) is 4.99 Å². The molecule has 0 aliphatic heterocycles. The molecule has 0 aromatic heterocycles. The van der Waals surface area contributed by atoms with Gasteiger partial charge in [-0.25, -0.2) is 0 Å². The Morgan fingerprint density at radius 2 is 2.12 bits per heavy atom. The summed E-state index contributed by atoms with van der Waals surface area (Å²) in [5, 5.41) is 7.11. The highest BCUT2D eigenvalue weighted by atomic mass is 35.5. The molecule has 146 valence electrons. The second kappa shape index (κ2) is 11.1. The van der Waals surface area contributed by atoms with Gasteiger partial charge in [-0.1, -0.05) is 11.6 Å². The van der Waals surface area contributed by atoms with E-state index in [1.165, 1.54) is 12.8 Å². The van der Waals surface area contributed by atoms with Crippen molar-refractivity contribution in [3.05, 3.63) is 22.7 Å². The molecule has 1 aliphatic rings. The number of nitrogens with zero attached hydrogens (tertiary/aromatic N) is 1. The van der Waals surface area contributed by atoms with Crippen LogP contribution in [0.25, 0.3) is 0 Å². The van der Waals surface area contributed by atoms with Crippen LogP contribution in [0.2, 0.25) is 5.02 Å². The molecular weight excluding hydrogens is 354 g/mol. The van der Waals surface area contributed by atoms with E-state index in [2.05, 4.69) is 15.6 Å². The largest absolute Gasteiger partial charge is 0.493 e. The van der Waals surface area contributed by atoms with Gasteiger partial charge in [0.05, 0.1) is 18.7 Å². The molecule has 7 heteroatoms. The second-order valence-electron chi connectivity index (χ2n) is 6.27. The van der Waals surface area contributed by atoms with Crippen molar-refractivity contribution in [2.45, 2.75) is 32.7 Å². The van der Waals surface area contributed by atoms with Gasteiger partial charge in [0.25, 0.3) is 0 Å². The maximum atomic E-state index is 6.31. The first-order valence-electron chi connectivity index (χ1n) is 9.19. The molecule has 0 bridgehead atoms. The summed E-state index contributed by atoms with van der Waals surface area (Å²) in [6.45, 7) is 5.55. The smallest absolute Gasteiger partial charge is 0.191 e. The Hall–Kier alpha value is -1.66. The minimum atomic E-state index is 0.536. The van der Waals surface area contributed by atoms with Gasteiger partial charge in [0.2, 0.25) is 0 Å². The highest BCUT2D eigenvalue weighted by Crippen LogP contribution is 2.36. The molecule has 0 heterocycles. The average Bonchev–Trinajstić information content (AvgIpc) is 3.46. The summed E-state index contributed by atoms with van der Waals surface area (Å²) in [5.41, 5.74) is 0.992. The van der Waals surface area contributed by atoms with E-state index < -0.39 is 0 Å². The van der Waals surface area contributed by atoms with Crippen molar-refractivity contribution < 1.29 is 14.2 Å². The molecule has 26 heavy (non-hydrogen) atoms. The van der Waals surface area contributed by atoms with Crippen molar-refractivity contribution in [2.24, 2.45) is 10.9 Å². The van der Waals surface area contributed by atoms with E-state index in [0.717, 1.165) is 43.6 Å². The predicted molar refractivity (Wildman–Crippen MR) is 106 cm³/mol. The number of hydrogen-bond donors (Lipinski definition) is 2. The Balaban J connectivity index is 1.75. The molecule has 0 atom stereocenters. The maximum Gasteiger partial charge on any atom is 0.191 e. The highest BCUT2D eigenvalue weighted by Gasteiger charge is 2.20. The fourth-order valence-electron chi connectivity index (χ4n) is 2.48. The lowest BCUT2D eigenvalue weighted by atomic mass is 10.2. The van der Waals surface area contributed by atoms with E-state index >= 15 is 0 Å². The lowest BCUT2D eigenvalue weighted by Gasteiger charge is -2.15. The van der Waals surface area contributed by atoms with Gasteiger partial charge >= 0.3 is 0 Å². The first kappa shape index (κ1) is 20.6. The molecular formula is C19H30ClN3O3. The number of rotatable bonds is 11. The fraction of sp³-hybridized carbons (Fsp3) is 0.632. The number of aliphatic imine (C=N–C) groups is 1. The van der Waals surface area contributed by atoms with Crippen LogP contribution < -0.4 is 20.1 Å². The van der Waals surface area contributed by atoms with Crippen molar-refractivity contribution >= 4 is 17.6 Å². The number of ether oxygens (including phenoxy) is 3. The lowest BCUT2D eigenvalue weighted by molar-refractivity contribution is 0.123. The van der Waals surface area contributed by atoms with Crippen molar-refractivity contribution in [1.82, 2.24) is 10.6 Å². The van der Waals surface area contributed by atoms with Crippen molar-refractivity contribution in [3.8, 4) is 11.5 Å². The maximum absolute atomic E-state index is 6.31. The van der Waals surface area contributed by atoms with Gasteiger partial charge in [-0.2, -0.15) is 0 Å². The quantitative estimate of drug-likeness (QED) is 0.349. The van der Waals surface area contributed by atoms with Crippen molar-refractivity contribution in [2.75, 3.05) is 40.5 Å². The first-order valence-corrected chi connectivity index (χ1v) is 9.57. The third kappa shape index (κ3) is 6.92. The van der Waals surface area contributed by atoms with Gasteiger partial charge in [-0.15, -0.1) is 0 Å². The highest BCUT2D eigenvalue weighted by molar-refractivity contribution is 6.32. The number of hydrogen-bond acceptors (Lipinski definition) is 4. The van der Waals surface area contributed by atoms with Crippen LogP contribution in [0.1, 0.15) is 31.7 Å². The SMILES string of the molecule is CCOc1c(Cl)cc(CNC(=NC)NCCCOCC2CC2)cc1OC. The van der Waals surface area contributed by atoms with Crippen molar-refractivity contribution in [1.29, 1.82) is 0 Å². The van der Waals surface area contributed by atoms with Crippen LogP contribution in [0.5, 0.6) is 11.5 Å². The fourth-order valence-corrected chi connectivity index (χ4v) is 2.77. The molecule has 0 saturated heterocycles. The number of methoxy groups -OCH3 is 1. The van der Waals surface area contributed by atoms with Crippen LogP contribution in [0.4, 0.5) is 0 Å². The molecule has 0 unspecified atom stereocenters. The summed E-state index contributed by atoms with van der Waals surface area (Å²) < 4.78 is 16.5. The van der Waals surface area contributed by atoms with Crippen LogP contribution in [0.15, 0.2) is 17.1 Å². The number of nitrogens with one attached hydrogen (secondary N) is 2. The van der Waals surface area contributed by atoms with Crippen LogP contribution in [-0.2, 0) is 11.3 Å². The predicted octanol–water partition coefficient (Wildman–Crippen LogP) is 3.23. The Labute approximate surface area is 161 Å². The topological polar surface area (TPSA) is 64.1 Å². The van der Waals surface area contributed by atoms with Crippen LogP contribution in [-0.4, -0.2) is 46.5 Å². The molecule has 0 amide bonds. The summed E-state index contributed by atoms with van der Waals surface area (Å²) in [7, 11) is 3.36. The molecule has 1 saturated carbocycles. The van der Waals surface area contributed by atoms with Gasteiger partial charge < -0.3 is 24.8 Å². The van der Waals surface area contributed by atoms with E-state index in [-0.39, 0.29) is 0 Å². The van der Waals surface area contributed by atoms with Crippen LogP contribution >= 0.6 is 11.6 Å². The molecule has 1 fully saturated rings. The van der Waals surface area contributed by atoms with Gasteiger partial charge in [0.1, 0.15) is 0 Å². The molecule has 1 aromatic carbocycles. The normalized spacial score (nSPS) is 14.2. The zero-order valence-electron chi connectivity index (χ0n) is 15.9. The molecule has 6 nitrogen and oxygen atoms in total. The standard InChI is InChI=1S/C19H30ClN3O3/c1-4-26-18-16(20)10-15(11-17(18)24-3)12-23-19(21-2)22-8-5-9-25-13-14-6-7-14/h10-11,14H,4-9,12-13H2,1-3H3,(H2,21,22,23). The van der Waals surface area contributed by atoms with E-state index in [1.807, 2.05) is 19.1 Å². The number of benzene rings is 1. The Kier molecular flexibility index (Phi) is 8.85. The molecule has 0 spiro atoms. The number of guanidine groups is 1. The van der Waals surface area contributed by atoms with Gasteiger partial charge in [0.15, 0.2) is 17.5 Å².